The Kier molecular flexibility index (Phi) is 7.75. The summed E-state index contributed by atoms with van der Waals surface area (Å²) >= 11 is 1.26. The Hall–Kier alpha value is -5.09. The van der Waals surface area contributed by atoms with Crippen LogP contribution in [0.15, 0.2) is 101 Å². The minimum atomic E-state index is -1.11. The normalized spacial score (nSPS) is 10.9. The molecule has 0 aliphatic carbocycles. The second kappa shape index (κ2) is 11.6. The van der Waals surface area contributed by atoms with Crippen molar-refractivity contribution in [2.75, 3.05) is 16.4 Å². The number of rotatable bonds is 8. The number of carbonyl (C=O) groups is 3. The number of nitrogens with one attached hydrogen (secondary N) is 2. The van der Waals surface area contributed by atoms with Gasteiger partial charge in [-0.3, -0.25) is 19.1 Å². The van der Waals surface area contributed by atoms with E-state index in [9.17, 15) is 24.3 Å². The van der Waals surface area contributed by atoms with E-state index in [1.807, 2.05) is 36.4 Å². The number of anilines is 2. The first kappa shape index (κ1) is 27.5. The first-order valence-electron chi connectivity index (χ1n) is 12.7. The molecule has 0 saturated heterocycles. The third kappa shape index (κ3) is 5.64. The Morgan fingerprint density at radius 2 is 1.54 bits per heavy atom. The molecule has 0 spiro atoms. The zero-order valence-electron chi connectivity index (χ0n) is 22.3. The highest BCUT2D eigenvalue weighted by Crippen LogP contribution is 2.26. The number of aromatic nitrogens is 2. The van der Waals surface area contributed by atoms with Crippen LogP contribution in [0, 0.1) is 6.92 Å². The molecular weight excluding hydrogens is 540 g/mol. The molecule has 5 rings (SSSR count). The van der Waals surface area contributed by atoms with Crippen LogP contribution >= 0.6 is 11.8 Å². The van der Waals surface area contributed by atoms with Gasteiger partial charge in [0, 0.05) is 28.6 Å². The van der Waals surface area contributed by atoms with Crippen LogP contribution in [0.1, 0.15) is 26.4 Å². The maximum Gasteiger partial charge on any atom is 0.336 e. The van der Waals surface area contributed by atoms with Crippen LogP contribution in [0.3, 0.4) is 0 Å². The van der Waals surface area contributed by atoms with Crippen LogP contribution in [0.5, 0.6) is 0 Å². The van der Waals surface area contributed by atoms with Gasteiger partial charge < -0.3 is 15.7 Å². The minimum Gasteiger partial charge on any atom is -0.478 e. The largest absolute Gasteiger partial charge is 0.478 e. The number of amides is 2. The van der Waals surface area contributed by atoms with Gasteiger partial charge >= 0.3 is 5.97 Å². The highest BCUT2D eigenvalue weighted by atomic mass is 32.2. The fourth-order valence-corrected chi connectivity index (χ4v) is 5.36. The predicted octanol–water partition coefficient (Wildman–Crippen LogP) is 5.32. The van der Waals surface area contributed by atoms with E-state index in [1.54, 1.807) is 67.2 Å². The molecule has 9 nitrogen and oxygen atoms in total. The minimum absolute atomic E-state index is 0.0435. The molecule has 1 aromatic heterocycles. The van der Waals surface area contributed by atoms with E-state index in [0.29, 0.717) is 27.8 Å². The molecule has 0 bridgehead atoms. The number of aromatic carboxylic acids is 1. The van der Waals surface area contributed by atoms with Crippen molar-refractivity contribution in [3.05, 3.63) is 118 Å². The standard InChI is InChI=1S/C31H26N4O5S/c1-19-28(30(38)35(34(19)2)22-12-4-3-5-13-22)33-26(36)18-41-23-14-8-11-21(17-23)32-29(37)24-15-6-9-20-10-7-16-25(27(20)24)31(39)40/h3-17H,18H2,1-2H3,(H,32,37)(H,33,36)(H,39,40). The summed E-state index contributed by atoms with van der Waals surface area (Å²) < 4.78 is 3.20. The maximum absolute atomic E-state index is 13.2. The lowest BCUT2D eigenvalue weighted by Crippen LogP contribution is -2.23. The van der Waals surface area contributed by atoms with Crippen molar-refractivity contribution in [3.8, 4) is 5.69 Å². The third-order valence-corrected chi connectivity index (χ3v) is 7.65. The van der Waals surface area contributed by atoms with Gasteiger partial charge in [0.05, 0.1) is 22.7 Å². The van der Waals surface area contributed by atoms with E-state index in [1.165, 1.54) is 22.5 Å². The van der Waals surface area contributed by atoms with E-state index in [2.05, 4.69) is 10.6 Å². The van der Waals surface area contributed by atoms with Crippen LogP contribution in [0.2, 0.25) is 0 Å². The number of carboxylic acids is 1. The summed E-state index contributed by atoms with van der Waals surface area (Å²) in [6, 6.07) is 26.1. The predicted molar refractivity (Wildman–Crippen MR) is 160 cm³/mol. The first-order chi connectivity index (χ1) is 19.7. The molecule has 0 aliphatic heterocycles. The van der Waals surface area contributed by atoms with Crippen molar-refractivity contribution in [1.29, 1.82) is 0 Å². The summed E-state index contributed by atoms with van der Waals surface area (Å²) in [5, 5.41) is 16.2. The fraction of sp³-hybridized carbons (Fsp3) is 0.0968. The summed E-state index contributed by atoms with van der Waals surface area (Å²) in [6.45, 7) is 1.77. The van der Waals surface area contributed by atoms with Crippen LogP contribution in [0.25, 0.3) is 16.5 Å². The zero-order valence-corrected chi connectivity index (χ0v) is 23.1. The molecule has 5 aromatic rings. The average molecular weight is 567 g/mol. The summed E-state index contributed by atoms with van der Waals surface area (Å²) in [4.78, 5) is 51.5. The Morgan fingerprint density at radius 1 is 0.854 bits per heavy atom. The van der Waals surface area contributed by atoms with Gasteiger partial charge in [-0.05, 0) is 54.8 Å². The second-order valence-electron chi connectivity index (χ2n) is 9.27. The SMILES string of the molecule is Cc1c(NC(=O)CSc2cccc(NC(=O)c3cccc4cccc(C(=O)O)c34)c2)c(=O)n(-c2ccccc2)n1C. The van der Waals surface area contributed by atoms with Crippen molar-refractivity contribution >= 4 is 51.7 Å². The monoisotopic (exact) mass is 566 g/mol. The summed E-state index contributed by atoms with van der Waals surface area (Å²) in [7, 11) is 1.76. The molecule has 41 heavy (non-hydrogen) atoms. The lowest BCUT2D eigenvalue weighted by molar-refractivity contribution is -0.113. The quantitative estimate of drug-likeness (QED) is 0.219. The number of hydrogen-bond acceptors (Lipinski definition) is 5. The topological polar surface area (TPSA) is 122 Å². The van der Waals surface area contributed by atoms with Gasteiger partial charge in [0.1, 0.15) is 5.69 Å². The lowest BCUT2D eigenvalue weighted by atomic mass is 9.98. The van der Waals surface area contributed by atoms with E-state index in [4.69, 9.17) is 0 Å². The highest BCUT2D eigenvalue weighted by molar-refractivity contribution is 8.00. The number of carboxylic acid groups (broad SMARTS) is 1. The Morgan fingerprint density at radius 3 is 2.24 bits per heavy atom. The molecule has 3 N–H and O–H groups in total. The number of benzene rings is 4. The fourth-order valence-electron chi connectivity index (χ4n) is 4.61. The average Bonchev–Trinajstić information content (AvgIpc) is 3.18. The molecule has 0 aliphatic rings. The van der Waals surface area contributed by atoms with Gasteiger partial charge in [0.2, 0.25) is 5.91 Å². The van der Waals surface area contributed by atoms with Gasteiger partial charge in [-0.1, -0.05) is 48.5 Å². The molecule has 0 unspecified atom stereocenters. The Balaban J connectivity index is 1.28. The van der Waals surface area contributed by atoms with Crippen molar-refractivity contribution in [2.45, 2.75) is 11.8 Å². The van der Waals surface area contributed by atoms with Gasteiger partial charge in [-0.2, -0.15) is 0 Å². The highest BCUT2D eigenvalue weighted by Gasteiger charge is 2.19. The number of nitrogens with zero attached hydrogens (tertiary/aromatic N) is 2. The zero-order chi connectivity index (χ0) is 29.1. The van der Waals surface area contributed by atoms with Crippen LogP contribution in [-0.4, -0.2) is 38.0 Å². The molecule has 1 heterocycles. The number of para-hydroxylation sites is 1. The molecule has 0 atom stereocenters. The van der Waals surface area contributed by atoms with Crippen LogP contribution in [0.4, 0.5) is 11.4 Å². The van der Waals surface area contributed by atoms with Crippen molar-refractivity contribution in [2.24, 2.45) is 7.05 Å². The van der Waals surface area contributed by atoms with Crippen LogP contribution < -0.4 is 16.2 Å². The van der Waals surface area contributed by atoms with E-state index in [0.717, 1.165) is 4.90 Å². The number of hydrogen-bond donors (Lipinski definition) is 3. The number of fused-ring (bicyclic) bond motifs is 1. The number of thioether (sulfide) groups is 1. The first-order valence-corrected chi connectivity index (χ1v) is 13.7. The van der Waals surface area contributed by atoms with E-state index < -0.39 is 11.9 Å². The smallest absolute Gasteiger partial charge is 0.336 e. The Bertz CT molecular complexity index is 1850. The van der Waals surface area contributed by atoms with Crippen LogP contribution in [-0.2, 0) is 11.8 Å². The number of carbonyl (C=O) groups excluding carboxylic acids is 2. The summed E-state index contributed by atoms with van der Waals surface area (Å²) in [5.41, 5.74) is 2.01. The third-order valence-electron chi connectivity index (χ3n) is 6.66. The molecule has 4 aromatic carbocycles. The Labute approximate surface area is 239 Å². The molecular formula is C31H26N4O5S. The molecule has 0 radical (unpaired) electrons. The van der Waals surface area contributed by atoms with E-state index in [-0.39, 0.29) is 34.0 Å². The molecule has 10 heteroatoms. The maximum atomic E-state index is 13.2. The molecule has 206 valence electrons. The van der Waals surface area contributed by atoms with Crippen molar-refractivity contribution < 1.29 is 19.5 Å². The lowest BCUT2D eigenvalue weighted by Gasteiger charge is -2.11. The van der Waals surface area contributed by atoms with Gasteiger partial charge in [0.15, 0.2) is 0 Å². The molecule has 0 fully saturated rings. The second-order valence-corrected chi connectivity index (χ2v) is 10.3. The van der Waals surface area contributed by atoms with E-state index >= 15 is 0 Å². The van der Waals surface area contributed by atoms with Gasteiger partial charge in [0.25, 0.3) is 11.5 Å². The van der Waals surface area contributed by atoms with Gasteiger partial charge in [-0.15, -0.1) is 11.8 Å². The van der Waals surface area contributed by atoms with Crippen molar-refractivity contribution in [3.63, 3.8) is 0 Å². The molecule has 2 amide bonds. The summed E-state index contributed by atoms with van der Waals surface area (Å²) in [5.74, 6) is -1.86. The molecule has 0 saturated carbocycles. The summed E-state index contributed by atoms with van der Waals surface area (Å²) in [6.07, 6.45) is 0. The van der Waals surface area contributed by atoms with Crippen molar-refractivity contribution in [1.82, 2.24) is 9.36 Å². The van der Waals surface area contributed by atoms with Gasteiger partial charge in [-0.25, -0.2) is 9.48 Å².